The summed E-state index contributed by atoms with van der Waals surface area (Å²) >= 11 is 0. The van der Waals surface area contributed by atoms with Crippen molar-refractivity contribution in [2.45, 2.75) is 0 Å². The third-order valence-corrected chi connectivity index (χ3v) is 11.4. The standard InChI is InChI=1S/C53H31N3O2/c1-2-11-32(12-3-1)33-21-23-34(24-22-33)51-54-52(36-25-27-37-35(31-36)26-30-48-49(37)43-15-6-8-18-45(43)58-48)56-53(55-51)42-29-28-40(38-13-4-5-14-39(38)42)41-17-10-20-47-50(41)44-16-7-9-19-46(44)57-47/h1-31H. The van der Waals surface area contributed by atoms with Crippen molar-refractivity contribution in [2.75, 3.05) is 0 Å². The molecule has 0 radical (unpaired) electrons. The summed E-state index contributed by atoms with van der Waals surface area (Å²) in [5.74, 6) is 1.82. The number of rotatable bonds is 5. The molecule has 0 saturated carbocycles. The van der Waals surface area contributed by atoms with Crippen LogP contribution in [0, 0.1) is 0 Å². The van der Waals surface area contributed by atoms with Crippen LogP contribution in [0.5, 0.6) is 0 Å². The zero-order chi connectivity index (χ0) is 38.2. The molecule has 5 heteroatoms. The fourth-order valence-corrected chi connectivity index (χ4v) is 8.62. The second-order valence-corrected chi connectivity index (χ2v) is 14.7. The second kappa shape index (κ2) is 12.8. The number of hydrogen-bond acceptors (Lipinski definition) is 5. The predicted octanol–water partition coefficient (Wildman–Crippen LogP) is 14.3. The van der Waals surface area contributed by atoms with Crippen molar-refractivity contribution in [1.29, 1.82) is 0 Å². The highest BCUT2D eigenvalue weighted by Gasteiger charge is 2.19. The van der Waals surface area contributed by atoms with E-state index in [0.717, 1.165) is 104 Å². The Morgan fingerprint density at radius 3 is 1.57 bits per heavy atom. The number of fused-ring (bicyclic) bond motifs is 9. The molecule has 0 amide bonds. The average molecular weight is 742 g/mol. The van der Waals surface area contributed by atoms with Gasteiger partial charge in [-0.2, -0.15) is 0 Å². The normalized spacial score (nSPS) is 11.8. The van der Waals surface area contributed by atoms with Crippen LogP contribution in [-0.2, 0) is 0 Å². The first-order valence-corrected chi connectivity index (χ1v) is 19.4. The van der Waals surface area contributed by atoms with Gasteiger partial charge in [-0.1, -0.05) is 152 Å². The maximum atomic E-state index is 6.29. The molecule has 0 bridgehead atoms. The maximum Gasteiger partial charge on any atom is 0.164 e. The highest BCUT2D eigenvalue weighted by atomic mass is 16.3. The van der Waals surface area contributed by atoms with E-state index in [9.17, 15) is 0 Å². The van der Waals surface area contributed by atoms with Gasteiger partial charge in [0.15, 0.2) is 17.5 Å². The van der Waals surface area contributed by atoms with Gasteiger partial charge in [0.05, 0.1) is 0 Å². The van der Waals surface area contributed by atoms with Crippen molar-refractivity contribution in [3.8, 4) is 56.4 Å². The zero-order valence-electron chi connectivity index (χ0n) is 31.1. The summed E-state index contributed by atoms with van der Waals surface area (Å²) in [5.41, 5.74) is 10.8. The molecule has 12 aromatic rings. The Bertz CT molecular complexity index is 3570. The molecule has 0 fully saturated rings. The summed E-state index contributed by atoms with van der Waals surface area (Å²) < 4.78 is 12.5. The third kappa shape index (κ3) is 5.14. The van der Waals surface area contributed by atoms with Gasteiger partial charge < -0.3 is 8.83 Å². The summed E-state index contributed by atoms with van der Waals surface area (Å²) in [5, 5.41) is 8.80. The minimum Gasteiger partial charge on any atom is -0.456 e. The Labute approximate surface area is 332 Å². The molecule has 0 N–H and O–H groups in total. The van der Waals surface area contributed by atoms with Gasteiger partial charge in [-0.3, -0.25) is 0 Å². The number of benzene rings is 9. The quantitative estimate of drug-likeness (QED) is 0.176. The van der Waals surface area contributed by atoms with Crippen LogP contribution < -0.4 is 0 Å². The van der Waals surface area contributed by atoms with E-state index in [1.165, 1.54) is 0 Å². The van der Waals surface area contributed by atoms with Gasteiger partial charge in [-0.05, 0) is 80.2 Å². The van der Waals surface area contributed by atoms with Crippen molar-refractivity contribution >= 4 is 65.4 Å². The fraction of sp³-hybridized carbons (Fsp3) is 0. The van der Waals surface area contributed by atoms with Crippen molar-refractivity contribution in [3.05, 3.63) is 188 Å². The number of furan rings is 2. The number of para-hydroxylation sites is 2. The van der Waals surface area contributed by atoms with Crippen LogP contribution in [0.2, 0.25) is 0 Å². The van der Waals surface area contributed by atoms with Crippen molar-refractivity contribution in [1.82, 2.24) is 15.0 Å². The van der Waals surface area contributed by atoms with Gasteiger partial charge in [0, 0.05) is 38.2 Å². The summed E-state index contributed by atoms with van der Waals surface area (Å²) in [6.45, 7) is 0. The number of hydrogen-bond donors (Lipinski definition) is 0. The first-order valence-electron chi connectivity index (χ1n) is 19.4. The lowest BCUT2D eigenvalue weighted by molar-refractivity contribution is 0.668. The van der Waals surface area contributed by atoms with Crippen LogP contribution >= 0.6 is 0 Å². The number of nitrogens with zero attached hydrogens (tertiary/aromatic N) is 3. The zero-order valence-corrected chi connectivity index (χ0v) is 31.1. The summed E-state index contributed by atoms with van der Waals surface area (Å²) in [6.07, 6.45) is 0. The summed E-state index contributed by atoms with van der Waals surface area (Å²) in [6, 6.07) is 65.1. The molecule has 12 rings (SSSR count). The van der Waals surface area contributed by atoms with Crippen molar-refractivity contribution < 1.29 is 8.83 Å². The molecule has 58 heavy (non-hydrogen) atoms. The molecule has 0 spiro atoms. The van der Waals surface area contributed by atoms with Crippen molar-refractivity contribution in [3.63, 3.8) is 0 Å². The Kier molecular flexibility index (Phi) is 7.16. The van der Waals surface area contributed by atoms with Gasteiger partial charge in [0.1, 0.15) is 22.3 Å². The lowest BCUT2D eigenvalue weighted by Gasteiger charge is -2.14. The van der Waals surface area contributed by atoms with Crippen LogP contribution in [0.4, 0.5) is 0 Å². The van der Waals surface area contributed by atoms with E-state index in [0.29, 0.717) is 17.5 Å². The molecule has 5 nitrogen and oxygen atoms in total. The Hall–Kier alpha value is -7.89. The second-order valence-electron chi connectivity index (χ2n) is 14.7. The van der Waals surface area contributed by atoms with Crippen LogP contribution in [0.25, 0.3) is 122 Å². The van der Waals surface area contributed by atoms with E-state index in [4.69, 9.17) is 23.8 Å². The Morgan fingerprint density at radius 2 is 0.810 bits per heavy atom. The summed E-state index contributed by atoms with van der Waals surface area (Å²) in [7, 11) is 0. The Balaban J connectivity index is 1.05. The first kappa shape index (κ1) is 32.4. The van der Waals surface area contributed by atoms with E-state index < -0.39 is 0 Å². The van der Waals surface area contributed by atoms with Crippen LogP contribution in [-0.4, -0.2) is 15.0 Å². The van der Waals surface area contributed by atoms with Crippen molar-refractivity contribution in [2.24, 2.45) is 0 Å². The Morgan fingerprint density at radius 1 is 0.276 bits per heavy atom. The van der Waals surface area contributed by atoms with Crippen LogP contribution in [0.1, 0.15) is 0 Å². The average Bonchev–Trinajstić information content (AvgIpc) is 3.88. The van der Waals surface area contributed by atoms with Gasteiger partial charge in [0.2, 0.25) is 0 Å². The molecule has 3 heterocycles. The molecular weight excluding hydrogens is 711 g/mol. The smallest absolute Gasteiger partial charge is 0.164 e. The monoisotopic (exact) mass is 741 g/mol. The van der Waals surface area contributed by atoms with E-state index in [1.54, 1.807) is 0 Å². The predicted molar refractivity (Wildman–Crippen MR) is 237 cm³/mol. The lowest BCUT2D eigenvalue weighted by atomic mass is 9.92. The molecule has 3 aromatic heterocycles. The van der Waals surface area contributed by atoms with Gasteiger partial charge in [0.25, 0.3) is 0 Å². The molecule has 0 atom stereocenters. The molecule has 0 aliphatic heterocycles. The largest absolute Gasteiger partial charge is 0.456 e. The highest BCUT2D eigenvalue weighted by Crippen LogP contribution is 2.42. The summed E-state index contributed by atoms with van der Waals surface area (Å²) in [4.78, 5) is 15.6. The van der Waals surface area contributed by atoms with Crippen LogP contribution in [0.15, 0.2) is 197 Å². The molecule has 0 saturated heterocycles. The van der Waals surface area contributed by atoms with Gasteiger partial charge >= 0.3 is 0 Å². The van der Waals surface area contributed by atoms with E-state index in [1.807, 2.05) is 36.4 Å². The van der Waals surface area contributed by atoms with Gasteiger partial charge in [-0.15, -0.1) is 0 Å². The van der Waals surface area contributed by atoms with Gasteiger partial charge in [-0.25, -0.2) is 15.0 Å². The van der Waals surface area contributed by atoms with E-state index in [2.05, 4.69) is 152 Å². The molecule has 0 aliphatic carbocycles. The van der Waals surface area contributed by atoms with E-state index in [-0.39, 0.29) is 0 Å². The fourth-order valence-electron chi connectivity index (χ4n) is 8.62. The topological polar surface area (TPSA) is 65.0 Å². The SMILES string of the molecule is c1ccc(-c2ccc(-c3nc(-c4ccc5c(ccc6oc7ccccc7c65)c4)nc(-c4ccc(-c5cccc6oc7ccccc7c56)c5ccccc45)n3)cc2)cc1. The third-order valence-electron chi connectivity index (χ3n) is 11.4. The minimum absolute atomic E-state index is 0.606. The lowest BCUT2D eigenvalue weighted by Crippen LogP contribution is -2.01. The molecule has 0 unspecified atom stereocenters. The molecule has 9 aromatic carbocycles. The first-order chi connectivity index (χ1) is 28.7. The number of aromatic nitrogens is 3. The molecular formula is C53H31N3O2. The molecule has 0 aliphatic rings. The van der Waals surface area contributed by atoms with E-state index >= 15 is 0 Å². The minimum atomic E-state index is 0.606. The maximum absolute atomic E-state index is 6.29. The highest BCUT2D eigenvalue weighted by molar-refractivity contribution is 6.19. The molecule has 270 valence electrons. The van der Waals surface area contributed by atoms with Crippen LogP contribution in [0.3, 0.4) is 0 Å².